The van der Waals surface area contributed by atoms with E-state index in [0.29, 0.717) is 5.92 Å². The van der Waals surface area contributed by atoms with Gasteiger partial charge >= 0.3 is 0 Å². The number of thiophene rings is 1. The molecule has 116 valence electrons. The van der Waals surface area contributed by atoms with E-state index in [1.165, 1.54) is 9.78 Å². The molecule has 0 spiro atoms. The number of nitrogens with one attached hydrogen (secondary N) is 1. The van der Waals surface area contributed by atoms with Crippen LogP contribution in [0.5, 0.6) is 0 Å². The molecule has 0 aromatic carbocycles. The standard InChI is InChI=1S/C16H24N2O2S/c1-5-11(4)18-14(19)9-12(16(18)20)17-15(10(2)3)13-7-6-8-21-13/h6-8,10-12,15,17H,5,9H2,1-4H3. The van der Waals surface area contributed by atoms with Gasteiger partial charge in [-0.05, 0) is 30.7 Å². The predicted octanol–water partition coefficient (Wildman–Crippen LogP) is 2.96. The first-order chi connectivity index (χ1) is 9.95. The molecule has 1 aliphatic heterocycles. The van der Waals surface area contributed by atoms with E-state index < -0.39 is 0 Å². The zero-order valence-corrected chi connectivity index (χ0v) is 13.9. The van der Waals surface area contributed by atoms with E-state index in [1.54, 1.807) is 11.3 Å². The summed E-state index contributed by atoms with van der Waals surface area (Å²) in [4.78, 5) is 27.2. The number of carbonyl (C=O) groups excluding carboxylic acids is 2. The van der Waals surface area contributed by atoms with E-state index in [0.717, 1.165) is 6.42 Å². The second kappa shape index (κ2) is 6.71. The van der Waals surface area contributed by atoms with Gasteiger partial charge in [-0.25, -0.2) is 0 Å². The molecule has 5 heteroatoms. The average molecular weight is 308 g/mol. The minimum absolute atomic E-state index is 0.0176. The lowest BCUT2D eigenvalue weighted by Gasteiger charge is -2.26. The Morgan fingerprint density at radius 3 is 2.62 bits per heavy atom. The fourth-order valence-corrected chi connectivity index (χ4v) is 3.67. The summed E-state index contributed by atoms with van der Waals surface area (Å²) in [6, 6.07) is 3.81. The highest BCUT2D eigenvalue weighted by atomic mass is 32.1. The van der Waals surface area contributed by atoms with Gasteiger partial charge in [-0.3, -0.25) is 19.8 Å². The Morgan fingerprint density at radius 2 is 2.10 bits per heavy atom. The van der Waals surface area contributed by atoms with Crippen LogP contribution in [0.4, 0.5) is 0 Å². The Labute approximate surface area is 130 Å². The fourth-order valence-electron chi connectivity index (χ4n) is 2.71. The van der Waals surface area contributed by atoms with Crippen LogP contribution in [0.3, 0.4) is 0 Å². The van der Waals surface area contributed by atoms with E-state index in [-0.39, 0.29) is 36.4 Å². The van der Waals surface area contributed by atoms with Gasteiger partial charge in [-0.1, -0.05) is 26.8 Å². The molecule has 1 aromatic rings. The SMILES string of the molecule is CCC(C)N1C(=O)CC(NC(c2cccs2)C(C)C)C1=O. The van der Waals surface area contributed by atoms with Crippen molar-refractivity contribution in [1.29, 1.82) is 0 Å². The molecule has 4 nitrogen and oxygen atoms in total. The lowest BCUT2D eigenvalue weighted by molar-refractivity contribution is -0.141. The second-order valence-corrected chi connectivity index (χ2v) is 7.00. The Morgan fingerprint density at radius 1 is 1.38 bits per heavy atom. The van der Waals surface area contributed by atoms with Crippen LogP contribution in [0.1, 0.15) is 51.5 Å². The van der Waals surface area contributed by atoms with Crippen molar-refractivity contribution < 1.29 is 9.59 Å². The minimum Gasteiger partial charge on any atom is -0.297 e. The van der Waals surface area contributed by atoms with Crippen molar-refractivity contribution in [3.05, 3.63) is 22.4 Å². The summed E-state index contributed by atoms with van der Waals surface area (Å²) in [5, 5.41) is 5.45. The highest BCUT2D eigenvalue weighted by Crippen LogP contribution is 2.28. The first-order valence-corrected chi connectivity index (χ1v) is 8.49. The Hall–Kier alpha value is -1.20. The van der Waals surface area contributed by atoms with Gasteiger partial charge in [0.2, 0.25) is 11.8 Å². The van der Waals surface area contributed by atoms with Gasteiger partial charge < -0.3 is 0 Å². The van der Waals surface area contributed by atoms with Crippen molar-refractivity contribution in [3.63, 3.8) is 0 Å². The summed E-state index contributed by atoms with van der Waals surface area (Å²) < 4.78 is 0. The maximum absolute atomic E-state index is 12.5. The van der Waals surface area contributed by atoms with Gasteiger partial charge in [-0.15, -0.1) is 11.3 Å². The smallest absolute Gasteiger partial charge is 0.247 e. The molecule has 1 saturated heterocycles. The number of amides is 2. The predicted molar refractivity (Wildman–Crippen MR) is 85.0 cm³/mol. The number of nitrogens with zero attached hydrogens (tertiary/aromatic N) is 1. The number of rotatable bonds is 6. The molecule has 2 amide bonds. The number of hydrogen-bond acceptors (Lipinski definition) is 4. The third-order valence-electron chi connectivity index (χ3n) is 4.11. The van der Waals surface area contributed by atoms with Crippen molar-refractivity contribution in [2.24, 2.45) is 5.92 Å². The maximum atomic E-state index is 12.5. The zero-order chi connectivity index (χ0) is 15.6. The average Bonchev–Trinajstić information content (AvgIpc) is 3.04. The molecule has 2 rings (SSSR count). The molecule has 1 aliphatic rings. The van der Waals surface area contributed by atoms with Crippen LogP contribution in [-0.2, 0) is 9.59 Å². The van der Waals surface area contributed by atoms with Crippen molar-refractivity contribution in [2.45, 2.75) is 58.7 Å². The third kappa shape index (κ3) is 3.35. The van der Waals surface area contributed by atoms with Crippen molar-refractivity contribution in [2.75, 3.05) is 0 Å². The molecule has 0 bridgehead atoms. The van der Waals surface area contributed by atoms with E-state index in [1.807, 2.05) is 25.3 Å². The number of imide groups is 1. The first-order valence-electron chi connectivity index (χ1n) is 7.61. The zero-order valence-electron chi connectivity index (χ0n) is 13.1. The van der Waals surface area contributed by atoms with Gasteiger partial charge in [0, 0.05) is 17.0 Å². The Balaban J connectivity index is 2.12. The number of carbonyl (C=O) groups is 2. The van der Waals surface area contributed by atoms with Crippen molar-refractivity contribution in [3.8, 4) is 0 Å². The lowest BCUT2D eigenvalue weighted by Crippen LogP contribution is -2.44. The topological polar surface area (TPSA) is 49.4 Å². The minimum atomic E-state index is -0.388. The van der Waals surface area contributed by atoms with E-state index in [9.17, 15) is 9.59 Å². The quantitative estimate of drug-likeness (QED) is 0.822. The van der Waals surface area contributed by atoms with Gasteiger partial charge in [0.25, 0.3) is 0 Å². The summed E-state index contributed by atoms with van der Waals surface area (Å²) in [5.41, 5.74) is 0. The molecule has 0 aliphatic carbocycles. The van der Waals surface area contributed by atoms with Crippen LogP contribution >= 0.6 is 11.3 Å². The van der Waals surface area contributed by atoms with Crippen molar-refractivity contribution in [1.82, 2.24) is 10.2 Å². The molecule has 1 N–H and O–H groups in total. The second-order valence-electron chi connectivity index (χ2n) is 6.02. The van der Waals surface area contributed by atoms with Gasteiger partial charge in [0.15, 0.2) is 0 Å². The van der Waals surface area contributed by atoms with Crippen LogP contribution in [0, 0.1) is 5.92 Å². The summed E-state index contributed by atoms with van der Waals surface area (Å²) in [5.74, 6) is 0.237. The molecule has 0 radical (unpaired) electrons. The molecule has 1 fully saturated rings. The van der Waals surface area contributed by atoms with Crippen LogP contribution in [0.15, 0.2) is 17.5 Å². The highest BCUT2D eigenvalue weighted by Gasteiger charge is 2.41. The monoisotopic (exact) mass is 308 g/mol. The number of hydrogen-bond donors (Lipinski definition) is 1. The molecule has 3 atom stereocenters. The van der Waals surface area contributed by atoms with E-state index in [2.05, 4.69) is 25.2 Å². The molecule has 1 aromatic heterocycles. The molecule has 0 saturated carbocycles. The molecular weight excluding hydrogens is 284 g/mol. The highest BCUT2D eigenvalue weighted by molar-refractivity contribution is 7.10. The molecule has 3 unspecified atom stereocenters. The largest absolute Gasteiger partial charge is 0.297 e. The number of likely N-dealkylation sites (tertiary alicyclic amines) is 1. The van der Waals surface area contributed by atoms with Crippen LogP contribution in [0.25, 0.3) is 0 Å². The third-order valence-corrected chi connectivity index (χ3v) is 5.07. The molecular formula is C16H24N2O2S. The molecule has 2 heterocycles. The lowest BCUT2D eigenvalue weighted by atomic mass is 10.0. The van der Waals surface area contributed by atoms with Gasteiger partial charge in [0.05, 0.1) is 12.5 Å². The van der Waals surface area contributed by atoms with Crippen molar-refractivity contribution >= 4 is 23.2 Å². The van der Waals surface area contributed by atoms with Gasteiger partial charge in [-0.2, -0.15) is 0 Å². The summed E-state index contributed by atoms with van der Waals surface area (Å²) >= 11 is 1.68. The fraction of sp³-hybridized carbons (Fsp3) is 0.625. The Bertz CT molecular complexity index is 498. The maximum Gasteiger partial charge on any atom is 0.247 e. The summed E-state index contributed by atoms with van der Waals surface area (Å²) in [6.07, 6.45) is 1.07. The first kappa shape index (κ1) is 16.2. The molecule has 21 heavy (non-hydrogen) atoms. The van der Waals surface area contributed by atoms with E-state index >= 15 is 0 Å². The van der Waals surface area contributed by atoms with E-state index in [4.69, 9.17) is 0 Å². The Kier molecular flexibility index (Phi) is 5.17. The normalized spacial score (nSPS) is 22.1. The summed E-state index contributed by atoms with van der Waals surface area (Å²) in [7, 11) is 0. The van der Waals surface area contributed by atoms with Crippen LogP contribution in [-0.4, -0.2) is 28.8 Å². The summed E-state index contributed by atoms with van der Waals surface area (Å²) in [6.45, 7) is 8.18. The van der Waals surface area contributed by atoms with Crippen LogP contribution < -0.4 is 5.32 Å². The van der Waals surface area contributed by atoms with Crippen LogP contribution in [0.2, 0.25) is 0 Å². The van der Waals surface area contributed by atoms with Gasteiger partial charge in [0.1, 0.15) is 0 Å².